The maximum Gasteiger partial charge on any atom is 0.364 e. The summed E-state index contributed by atoms with van der Waals surface area (Å²) in [5.74, 6) is -5.24. The van der Waals surface area contributed by atoms with Crippen LogP contribution in [0.2, 0.25) is 0 Å². The molecule has 0 saturated heterocycles. The fourth-order valence-electron chi connectivity index (χ4n) is 1.05. The fraction of sp³-hybridized carbons (Fsp3) is 0.833. The lowest BCUT2D eigenvalue weighted by Crippen LogP contribution is -2.37. The lowest BCUT2D eigenvalue weighted by atomic mass is 10.1. The highest BCUT2D eigenvalue weighted by atomic mass is 16.5. The van der Waals surface area contributed by atoms with Gasteiger partial charge in [0.05, 0.1) is 0 Å². The third-order valence-electron chi connectivity index (χ3n) is 2.34. The van der Waals surface area contributed by atoms with Crippen molar-refractivity contribution < 1.29 is 35.1 Å². The Hall–Kier alpha value is -1.18. The number of hydrogen-bond acceptors (Lipinski definition) is 5. The van der Waals surface area contributed by atoms with E-state index in [1.54, 1.807) is 0 Å². The van der Waals surface area contributed by atoms with E-state index in [-0.39, 0.29) is 6.42 Å². The third-order valence-corrected chi connectivity index (χ3v) is 2.34. The van der Waals surface area contributed by atoms with E-state index in [2.05, 4.69) is 0 Å². The van der Waals surface area contributed by atoms with E-state index in [0.29, 0.717) is 12.8 Å². The molecule has 0 saturated carbocycles. The zero-order chi connectivity index (χ0) is 15.5. The molecule has 0 aromatic heterocycles. The molecular weight excluding hydrogens is 256 g/mol. The summed E-state index contributed by atoms with van der Waals surface area (Å²) < 4.78 is 0. The first-order chi connectivity index (χ1) is 8.68. The van der Waals surface area contributed by atoms with Gasteiger partial charge in [0.1, 0.15) is 0 Å². The topological polar surface area (TPSA) is 135 Å². The van der Waals surface area contributed by atoms with Crippen LogP contribution in [-0.2, 0) is 9.59 Å². The minimum Gasteiger partial charge on any atom is -0.479 e. The van der Waals surface area contributed by atoms with Gasteiger partial charge < -0.3 is 25.5 Å². The van der Waals surface area contributed by atoms with E-state index >= 15 is 0 Å². The molecule has 0 spiro atoms. The number of carboxylic acid groups (broad SMARTS) is 2. The van der Waals surface area contributed by atoms with Crippen molar-refractivity contribution in [2.75, 3.05) is 0 Å². The summed E-state index contributed by atoms with van der Waals surface area (Å²) in [5.41, 5.74) is 0. The Bertz CT molecular complexity index is 263. The quantitative estimate of drug-likeness (QED) is 0.410. The monoisotopic (exact) mass is 280 g/mol. The fourth-order valence-corrected chi connectivity index (χ4v) is 1.05. The normalized spacial score (nSPS) is 12.3. The van der Waals surface area contributed by atoms with Gasteiger partial charge in [-0.1, -0.05) is 33.1 Å². The number of aliphatic hydroxyl groups excluding tert-OH is 1. The summed E-state index contributed by atoms with van der Waals surface area (Å²) in [6, 6.07) is 0. The molecule has 0 bridgehead atoms. The Morgan fingerprint density at radius 1 is 1.05 bits per heavy atom. The van der Waals surface area contributed by atoms with Crippen molar-refractivity contribution in [2.45, 2.75) is 64.3 Å². The van der Waals surface area contributed by atoms with Crippen LogP contribution in [0.3, 0.4) is 0 Å². The summed E-state index contributed by atoms with van der Waals surface area (Å²) in [5, 5.41) is 42.3. The van der Waals surface area contributed by atoms with Crippen LogP contribution in [0.25, 0.3) is 0 Å². The maximum absolute atomic E-state index is 10.0. The van der Waals surface area contributed by atoms with Crippen LogP contribution < -0.4 is 0 Å². The predicted octanol–water partition coefficient (Wildman–Crippen LogP) is 0.564. The van der Waals surface area contributed by atoms with Gasteiger partial charge in [0, 0.05) is 6.42 Å². The molecule has 5 N–H and O–H groups in total. The van der Waals surface area contributed by atoms with Crippen LogP contribution >= 0.6 is 0 Å². The van der Waals surface area contributed by atoms with Crippen LogP contribution in [0.4, 0.5) is 0 Å². The first kappa shape index (κ1) is 20.1. The van der Waals surface area contributed by atoms with Gasteiger partial charge in [-0.05, 0) is 12.8 Å². The standard InChI is InChI=1S/C6H12O4.C6H12O3/c1-2-3-4-6(9,10)5(7)8;1-2-3-4-5(7)6(8)9/h9-10H,2-4H2,1H3,(H,7,8);5,7H,2-4H2,1H3,(H,8,9). The predicted molar refractivity (Wildman–Crippen MR) is 67.5 cm³/mol. The van der Waals surface area contributed by atoms with Gasteiger partial charge >= 0.3 is 11.9 Å². The highest BCUT2D eigenvalue weighted by molar-refractivity contribution is 5.74. The number of aliphatic hydroxyl groups is 3. The van der Waals surface area contributed by atoms with Gasteiger partial charge in [-0.25, -0.2) is 9.59 Å². The van der Waals surface area contributed by atoms with Crippen LogP contribution in [0.5, 0.6) is 0 Å². The number of carbonyl (C=O) groups is 2. The molecule has 0 radical (unpaired) electrons. The van der Waals surface area contributed by atoms with Crippen molar-refractivity contribution in [1.82, 2.24) is 0 Å². The van der Waals surface area contributed by atoms with Gasteiger partial charge in [0.15, 0.2) is 6.10 Å². The summed E-state index contributed by atoms with van der Waals surface area (Å²) in [6.45, 7) is 3.80. The number of unbranched alkanes of at least 4 members (excludes halogenated alkanes) is 2. The SMILES string of the molecule is CCCCC(O)(O)C(=O)O.CCCCC(O)C(=O)O. The number of hydrogen-bond donors (Lipinski definition) is 5. The smallest absolute Gasteiger partial charge is 0.364 e. The molecule has 0 aromatic rings. The molecule has 1 unspecified atom stereocenters. The molecule has 0 fully saturated rings. The van der Waals surface area contributed by atoms with Crippen LogP contribution in [0.1, 0.15) is 52.4 Å². The maximum atomic E-state index is 10.0. The molecule has 7 heteroatoms. The Morgan fingerprint density at radius 3 is 1.84 bits per heavy atom. The summed E-state index contributed by atoms with van der Waals surface area (Å²) in [4.78, 5) is 20.0. The van der Waals surface area contributed by atoms with Gasteiger partial charge in [-0.3, -0.25) is 0 Å². The second-order valence-corrected chi connectivity index (χ2v) is 4.22. The lowest BCUT2D eigenvalue weighted by Gasteiger charge is -2.14. The van der Waals surface area contributed by atoms with Crippen molar-refractivity contribution in [3.63, 3.8) is 0 Å². The molecule has 0 amide bonds. The Balaban J connectivity index is 0. The number of carboxylic acids is 2. The molecule has 114 valence electrons. The first-order valence-electron chi connectivity index (χ1n) is 6.28. The lowest BCUT2D eigenvalue weighted by molar-refractivity contribution is -0.205. The molecule has 0 aliphatic rings. The van der Waals surface area contributed by atoms with Crippen LogP contribution in [-0.4, -0.2) is 49.4 Å². The Labute approximate surface area is 112 Å². The van der Waals surface area contributed by atoms with Crippen molar-refractivity contribution in [2.24, 2.45) is 0 Å². The van der Waals surface area contributed by atoms with Crippen molar-refractivity contribution in [3.8, 4) is 0 Å². The van der Waals surface area contributed by atoms with E-state index in [4.69, 9.17) is 25.5 Å². The molecular formula is C12H24O7. The summed E-state index contributed by atoms with van der Waals surface area (Å²) >= 11 is 0. The van der Waals surface area contributed by atoms with E-state index in [9.17, 15) is 9.59 Å². The van der Waals surface area contributed by atoms with Crippen molar-refractivity contribution in [1.29, 1.82) is 0 Å². The van der Waals surface area contributed by atoms with Crippen molar-refractivity contribution in [3.05, 3.63) is 0 Å². The minimum atomic E-state index is -2.53. The van der Waals surface area contributed by atoms with Crippen molar-refractivity contribution >= 4 is 11.9 Å². The molecule has 0 aliphatic carbocycles. The van der Waals surface area contributed by atoms with E-state index in [1.807, 2.05) is 13.8 Å². The Kier molecular flexibility index (Phi) is 11.4. The van der Waals surface area contributed by atoms with Gasteiger partial charge in [-0.15, -0.1) is 0 Å². The van der Waals surface area contributed by atoms with E-state index in [1.165, 1.54) is 0 Å². The summed E-state index contributed by atoms with van der Waals surface area (Å²) in [6.07, 6.45) is 2.03. The first-order valence-corrected chi connectivity index (χ1v) is 6.28. The second kappa shape index (κ2) is 10.7. The van der Waals surface area contributed by atoms with E-state index in [0.717, 1.165) is 19.3 Å². The molecule has 1 atom stereocenters. The molecule has 19 heavy (non-hydrogen) atoms. The van der Waals surface area contributed by atoms with E-state index < -0.39 is 23.8 Å². The second-order valence-electron chi connectivity index (χ2n) is 4.22. The summed E-state index contributed by atoms with van der Waals surface area (Å²) in [7, 11) is 0. The molecule has 0 aromatic carbocycles. The number of rotatable bonds is 8. The third kappa shape index (κ3) is 11.6. The largest absolute Gasteiger partial charge is 0.479 e. The molecule has 0 heterocycles. The molecule has 0 aliphatic heterocycles. The average Bonchev–Trinajstić information content (AvgIpc) is 2.33. The Morgan fingerprint density at radius 2 is 1.53 bits per heavy atom. The van der Waals surface area contributed by atoms with Crippen LogP contribution in [0, 0.1) is 0 Å². The van der Waals surface area contributed by atoms with Gasteiger partial charge in [-0.2, -0.15) is 0 Å². The molecule has 7 nitrogen and oxygen atoms in total. The highest BCUT2D eigenvalue weighted by Gasteiger charge is 2.31. The zero-order valence-corrected chi connectivity index (χ0v) is 11.4. The van der Waals surface area contributed by atoms with Crippen LogP contribution in [0.15, 0.2) is 0 Å². The zero-order valence-electron chi connectivity index (χ0n) is 11.4. The minimum absolute atomic E-state index is 0.112. The average molecular weight is 280 g/mol. The highest BCUT2D eigenvalue weighted by Crippen LogP contribution is 2.10. The number of aliphatic carboxylic acids is 2. The molecule has 0 rings (SSSR count). The van der Waals surface area contributed by atoms with Gasteiger partial charge in [0.2, 0.25) is 0 Å². The van der Waals surface area contributed by atoms with Gasteiger partial charge in [0.25, 0.3) is 5.79 Å².